The maximum absolute atomic E-state index is 4.85. The predicted octanol–water partition coefficient (Wildman–Crippen LogP) is 3.96. The third-order valence-electron chi connectivity index (χ3n) is 4.78. The Bertz CT molecular complexity index is 600. The van der Waals surface area contributed by atoms with Crippen LogP contribution in [-0.2, 0) is 0 Å². The molecule has 0 radical (unpaired) electrons. The quantitative estimate of drug-likeness (QED) is 0.926. The van der Waals surface area contributed by atoms with E-state index in [1.165, 1.54) is 19.3 Å². The van der Waals surface area contributed by atoms with Crippen LogP contribution in [-0.4, -0.2) is 17.0 Å². The molecule has 2 aromatic rings. The number of nitrogens with one attached hydrogen (secondary N) is 1. The molecule has 1 aromatic carbocycles. The van der Waals surface area contributed by atoms with E-state index in [9.17, 15) is 0 Å². The van der Waals surface area contributed by atoms with Gasteiger partial charge in [0.2, 0.25) is 0 Å². The van der Waals surface area contributed by atoms with Crippen molar-refractivity contribution in [2.75, 3.05) is 7.05 Å². The summed E-state index contributed by atoms with van der Waals surface area (Å²) in [5.41, 5.74) is 3.05. The molecule has 0 bridgehead atoms. The molecule has 3 nitrogen and oxygen atoms in total. The second kappa shape index (κ2) is 6.10. The van der Waals surface area contributed by atoms with Crippen LogP contribution in [0.5, 0.6) is 0 Å². The van der Waals surface area contributed by atoms with Crippen molar-refractivity contribution in [2.45, 2.75) is 39.2 Å². The van der Waals surface area contributed by atoms with Crippen LogP contribution in [0.2, 0.25) is 0 Å². The largest absolute Gasteiger partial charge is 0.311 e. The minimum absolute atomic E-state index is 0.312. The molecular weight excluding hydrogens is 258 g/mol. The Labute approximate surface area is 127 Å². The van der Waals surface area contributed by atoms with Gasteiger partial charge in [0.1, 0.15) is 0 Å². The van der Waals surface area contributed by atoms with Gasteiger partial charge in [0, 0.05) is 0 Å². The van der Waals surface area contributed by atoms with Crippen LogP contribution in [0, 0.1) is 17.8 Å². The SMILES string of the molecule is CNC(c1cnc2ccccc2n1)C1CC(C)CC(C)C1. The highest BCUT2D eigenvalue weighted by Crippen LogP contribution is 2.39. The lowest BCUT2D eigenvalue weighted by atomic mass is 9.73. The second-order valence-corrected chi connectivity index (χ2v) is 6.73. The van der Waals surface area contributed by atoms with E-state index in [-0.39, 0.29) is 0 Å². The maximum Gasteiger partial charge on any atom is 0.0890 e. The Morgan fingerprint density at radius 1 is 1.05 bits per heavy atom. The first-order valence-electron chi connectivity index (χ1n) is 8.06. The summed E-state index contributed by atoms with van der Waals surface area (Å²) in [6.07, 6.45) is 5.87. The molecular formula is C18H25N3. The van der Waals surface area contributed by atoms with Crippen LogP contribution < -0.4 is 5.32 Å². The molecule has 3 rings (SSSR count). The van der Waals surface area contributed by atoms with Gasteiger partial charge in [0.05, 0.1) is 29.0 Å². The summed E-state index contributed by atoms with van der Waals surface area (Å²) in [5.74, 6) is 2.27. The molecule has 1 aliphatic rings. The van der Waals surface area contributed by atoms with Gasteiger partial charge in [-0.1, -0.05) is 26.0 Å². The first-order chi connectivity index (χ1) is 10.2. The summed E-state index contributed by atoms with van der Waals surface area (Å²) in [4.78, 5) is 9.43. The fraction of sp³-hybridized carbons (Fsp3) is 0.556. The molecule has 1 aliphatic carbocycles. The Morgan fingerprint density at radius 2 is 1.71 bits per heavy atom. The summed E-state index contributed by atoms with van der Waals surface area (Å²) in [6.45, 7) is 4.75. The van der Waals surface area contributed by atoms with Crippen molar-refractivity contribution in [3.05, 3.63) is 36.2 Å². The fourth-order valence-electron chi connectivity index (χ4n) is 4.03. The van der Waals surface area contributed by atoms with Crippen molar-refractivity contribution in [3.63, 3.8) is 0 Å². The average Bonchev–Trinajstić information content (AvgIpc) is 2.47. The molecule has 1 aromatic heterocycles. The van der Waals surface area contributed by atoms with Gasteiger partial charge >= 0.3 is 0 Å². The minimum Gasteiger partial charge on any atom is -0.311 e. The first kappa shape index (κ1) is 14.5. The Balaban J connectivity index is 1.90. The van der Waals surface area contributed by atoms with Crippen LogP contribution >= 0.6 is 0 Å². The molecule has 1 saturated carbocycles. The Morgan fingerprint density at radius 3 is 2.38 bits per heavy atom. The highest BCUT2D eigenvalue weighted by atomic mass is 14.9. The minimum atomic E-state index is 0.312. The molecule has 0 saturated heterocycles. The van der Waals surface area contributed by atoms with Crippen LogP contribution in [0.15, 0.2) is 30.5 Å². The molecule has 1 N–H and O–H groups in total. The predicted molar refractivity (Wildman–Crippen MR) is 87.0 cm³/mol. The van der Waals surface area contributed by atoms with Gasteiger partial charge in [-0.25, -0.2) is 4.98 Å². The van der Waals surface area contributed by atoms with Crippen LogP contribution in [0.25, 0.3) is 11.0 Å². The van der Waals surface area contributed by atoms with Crippen LogP contribution in [0.4, 0.5) is 0 Å². The van der Waals surface area contributed by atoms with Crippen molar-refractivity contribution in [2.24, 2.45) is 17.8 Å². The van der Waals surface area contributed by atoms with E-state index in [2.05, 4.69) is 24.1 Å². The molecule has 1 fully saturated rings. The zero-order valence-electron chi connectivity index (χ0n) is 13.2. The van der Waals surface area contributed by atoms with E-state index in [0.29, 0.717) is 12.0 Å². The smallest absolute Gasteiger partial charge is 0.0890 e. The van der Waals surface area contributed by atoms with Crippen LogP contribution in [0.1, 0.15) is 44.8 Å². The van der Waals surface area contributed by atoms with Gasteiger partial charge in [0.15, 0.2) is 0 Å². The van der Waals surface area contributed by atoms with E-state index >= 15 is 0 Å². The normalized spacial score (nSPS) is 27.7. The van der Waals surface area contributed by atoms with Gasteiger partial charge in [-0.3, -0.25) is 4.98 Å². The van der Waals surface area contributed by atoms with Crippen molar-refractivity contribution >= 4 is 11.0 Å². The number of hydrogen-bond donors (Lipinski definition) is 1. The number of fused-ring (bicyclic) bond motifs is 1. The number of hydrogen-bond acceptors (Lipinski definition) is 3. The van der Waals surface area contributed by atoms with Crippen molar-refractivity contribution in [1.29, 1.82) is 0 Å². The lowest BCUT2D eigenvalue weighted by Gasteiger charge is -2.36. The molecule has 3 unspecified atom stereocenters. The topological polar surface area (TPSA) is 37.8 Å². The molecule has 0 aliphatic heterocycles. The van der Waals surface area contributed by atoms with E-state index in [0.717, 1.165) is 28.6 Å². The third-order valence-corrected chi connectivity index (χ3v) is 4.78. The van der Waals surface area contributed by atoms with Crippen LogP contribution in [0.3, 0.4) is 0 Å². The molecule has 1 heterocycles. The monoisotopic (exact) mass is 283 g/mol. The summed E-state index contributed by atoms with van der Waals surface area (Å²) in [7, 11) is 2.05. The Kier molecular flexibility index (Phi) is 4.20. The van der Waals surface area contributed by atoms with Gasteiger partial charge in [-0.05, 0) is 56.2 Å². The summed E-state index contributed by atoms with van der Waals surface area (Å²) in [5, 5.41) is 3.49. The van der Waals surface area contributed by atoms with E-state index in [1.807, 2.05) is 37.5 Å². The van der Waals surface area contributed by atoms with Gasteiger partial charge in [0.25, 0.3) is 0 Å². The molecule has 3 heteroatoms. The van der Waals surface area contributed by atoms with Gasteiger partial charge in [-0.2, -0.15) is 0 Å². The lowest BCUT2D eigenvalue weighted by Crippen LogP contribution is -2.32. The summed E-state index contributed by atoms with van der Waals surface area (Å²) in [6, 6.07) is 8.42. The molecule has 0 amide bonds. The van der Waals surface area contributed by atoms with Crippen molar-refractivity contribution < 1.29 is 0 Å². The fourth-order valence-corrected chi connectivity index (χ4v) is 4.03. The van der Waals surface area contributed by atoms with E-state index in [1.54, 1.807) is 0 Å². The third kappa shape index (κ3) is 3.08. The highest BCUT2D eigenvalue weighted by molar-refractivity contribution is 5.73. The zero-order valence-corrected chi connectivity index (χ0v) is 13.2. The Hall–Kier alpha value is -1.48. The maximum atomic E-state index is 4.85. The number of benzene rings is 1. The average molecular weight is 283 g/mol. The first-order valence-corrected chi connectivity index (χ1v) is 8.06. The highest BCUT2D eigenvalue weighted by Gasteiger charge is 2.31. The number of aromatic nitrogens is 2. The molecule has 0 spiro atoms. The number of nitrogens with zero attached hydrogens (tertiary/aromatic N) is 2. The molecule has 21 heavy (non-hydrogen) atoms. The molecule has 112 valence electrons. The van der Waals surface area contributed by atoms with Crippen molar-refractivity contribution in [1.82, 2.24) is 15.3 Å². The number of para-hydroxylation sites is 2. The van der Waals surface area contributed by atoms with E-state index < -0.39 is 0 Å². The van der Waals surface area contributed by atoms with Gasteiger partial charge < -0.3 is 5.32 Å². The lowest BCUT2D eigenvalue weighted by molar-refractivity contribution is 0.179. The van der Waals surface area contributed by atoms with Crippen molar-refractivity contribution in [3.8, 4) is 0 Å². The van der Waals surface area contributed by atoms with E-state index in [4.69, 9.17) is 4.98 Å². The number of rotatable bonds is 3. The summed E-state index contributed by atoms with van der Waals surface area (Å²) < 4.78 is 0. The second-order valence-electron chi connectivity index (χ2n) is 6.73. The summed E-state index contributed by atoms with van der Waals surface area (Å²) >= 11 is 0. The zero-order chi connectivity index (χ0) is 14.8. The molecule has 3 atom stereocenters. The van der Waals surface area contributed by atoms with Gasteiger partial charge in [-0.15, -0.1) is 0 Å². The standard InChI is InChI=1S/C18H25N3/c1-12-8-13(2)10-14(9-12)18(19-3)17-11-20-15-6-4-5-7-16(15)21-17/h4-7,11-14,18-19H,8-10H2,1-3H3.